The molecule has 3 N–H and O–H groups in total. The van der Waals surface area contributed by atoms with Gasteiger partial charge in [0.1, 0.15) is 5.56 Å². The quantitative estimate of drug-likeness (QED) is 0.283. The third-order valence-corrected chi connectivity index (χ3v) is 4.45. The van der Waals surface area contributed by atoms with Crippen LogP contribution in [0.5, 0.6) is 5.88 Å². The molecule has 0 radical (unpaired) electrons. The highest BCUT2D eigenvalue weighted by atomic mass is 16.6. The summed E-state index contributed by atoms with van der Waals surface area (Å²) < 4.78 is 1.18. The summed E-state index contributed by atoms with van der Waals surface area (Å²) >= 11 is 0. The molecule has 0 spiro atoms. The number of carbonyl (C=O) groups excluding carboxylic acids is 1. The molecule has 7 heteroatoms. The molecule has 0 unspecified atom stereocenters. The molecule has 1 aromatic heterocycles. The Labute approximate surface area is 159 Å². The van der Waals surface area contributed by atoms with Crippen LogP contribution in [0.25, 0.3) is 5.69 Å². The Kier molecular flexibility index (Phi) is 8.80. The average Bonchev–Trinajstić information content (AvgIpc) is 2.97. The van der Waals surface area contributed by atoms with Gasteiger partial charge < -0.3 is 5.11 Å². The average molecular weight is 375 g/mol. The molecule has 0 saturated heterocycles. The van der Waals surface area contributed by atoms with Crippen LogP contribution in [0, 0.1) is 0 Å². The van der Waals surface area contributed by atoms with Gasteiger partial charge in [0.2, 0.25) is 5.88 Å². The number of hydrogen-bond acceptors (Lipinski definition) is 5. The Morgan fingerprint density at radius 2 is 1.78 bits per heavy atom. The van der Waals surface area contributed by atoms with Crippen molar-refractivity contribution < 1.29 is 14.7 Å². The number of nitrogens with zero attached hydrogens (tertiary/aromatic N) is 1. The minimum absolute atomic E-state index is 0.281. The van der Waals surface area contributed by atoms with E-state index in [0.717, 1.165) is 18.5 Å². The first-order chi connectivity index (χ1) is 13.2. The van der Waals surface area contributed by atoms with Crippen molar-refractivity contribution in [3.8, 4) is 11.6 Å². The van der Waals surface area contributed by atoms with Gasteiger partial charge in [0.25, 0.3) is 5.56 Å². The molecule has 0 aliphatic rings. The molecule has 0 aliphatic heterocycles. The van der Waals surface area contributed by atoms with Crippen LogP contribution >= 0.6 is 0 Å². The second-order valence-electron chi connectivity index (χ2n) is 6.60. The fourth-order valence-corrected chi connectivity index (χ4v) is 2.83. The van der Waals surface area contributed by atoms with Gasteiger partial charge in [0.05, 0.1) is 12.3 Å². The zero-order chi connectivity index (χ0) is 19.5. The van der Waals surface area contributed by atoms with Gasteiger partial charge in [-0.25, -0.2) is 10.2 Å². The lowest BCUT2D eigenvalue weighted by Gasteiger charge is -2.08. The van der Waals surface area contributed by atoms with Crippen LogP contribution in [0.15, 0.2) is 29.1 Å². The summed E-state index contributed by atoms with van der Waals surface area (Å²) in [6, 6.07) is 7.14. The van der Waals surface area contributed by atoms with E-state index in [2.05, 4.69) is 17.5 Å². The lowest BCUT2D eigenvalue weighted by Crippen LogP contribution is -2.15. The first kappa shape index (κ1) is 20.9. The van der Waals surface area contributed by atoms with Crippen molar-refractivity contribution >= 4 is 6.29 Å². The van der Waals surface area contributed by atoms with Gasteiger partial charge in [-0.15, -0.1) is 0 Å². The molecule has 0 amide bonds. The van der Waals surface area contributed by atoms with E-state index in [-0.39, 0.29) is 5.56 Å². The largest absolute Gasteiger partial charge is 0.493 e. The zero-order valence-electron chi connectivity index (χ0n) is 15.9. The van der Waals surface area contributed by atoms with Gasteiger partial charge in [-0.1, -0.05) is 57.6 Å². The van der Waals surface area contributed by atoms with Crippen LogP contribution in [0.4, 0.5) is 0 Å². The van der Waals surface area contributed by atoms with Crippen LogP contribution < -0.4 is 11.0 Å². The van der Waals surface area contributed by atoms with E-state index in [1.807, 2.05) is 12.1 Å². The standard InChI is InChI=1S/C20H29N3O4/c1-2-3-4-5-6-7-8-13-21-27-15-16-9-11-17(12-10-16)23-20(26)18(14-24)19(25)22-23/h9-12,14,21,26H,2-8,13,15H2,1H3,(H,22,25). The maximum atomic E-state index is 11.6. The number of hydrogen-bond donors (Lipinski definition) is 3. The second kappa shape index (κ2) is 11.4. The highest BCUT2D eigenvalue weighted by Crippen LogP contribution is 2.17. The Morgan fingerprint density at radius 1 is 1.11 bits per heavy atom. The van der Waals surface area contributed by atoms with Crippen LogP contribution in [-0.2, 0) is 11.4 Å². The van der Waals surface area contributed by atoms with Crippen LogP contribution in [-0.4, -0.2) is 27.7 Å². The van der Waals surface area contributed by atoms with Gasteiger partial charge in [-0.2, -0.15) is 0 Å². The number of aromatic amines is 1. The number of hydroxylamine groups is 1. The molecule has 1 heterocycles. The molecule has 0 fully saturated rings. The van der Waals surface area contributed by atoms with Crippen LogP contribution in [0.1, 0.15) is 67.8 Å². The number of aromatic hydroxyl groups is 1. The smallest absolute Gasteiger partial charge is 0.279 e. The third kappa shape index (κ3) is 6.37. The Bertz CT molecular complexity index is 750. The van der Waals surface area contributed by atoms with Crippen molar-refractivity contribution in [1.82, 2.24) is 15.3 Å². The summed E-state index contributed by atoms with van der Waals surface area (Å²) in [4.78, 5) is 27.8. The molecule has 0 bridgehead atoms. The second-order valence-corrected chi connectivity index (χ2v) is 6.60. The predicted molar refractivity (Wildman–Crippen MR) is 104 cm³/mol. The highest BCUT2D eigenvalue weighted by molar-refractivity contribution is 5.77. The maximum Gasteiger partial charge on any atom is 0.279 e. The number of H-pyrrole nitrogens is 1. The van der Waals surface area contributed by atoms with Gasteiger partial charge >= 0.3 is 0 Å². The summed E-state index contributed by atoms with van der Waals surface area (Å²) in [5.74, 6) is -0.393. The Morgan fingerprint density at radius 3 is 2.41 bits per heavy atom. The van der Waals surface area contributed by atoms with E-state index in [1.165, 1.54) is 43.2 Å². The number of aldehydes is 1. The van der Waals surface area contributed by atoms with Crippen LogP contribution in [0.3, 0.4) is 0 Å². The Hall–Kier alpha value is -2.38. The van der Waals surface area contributed by atoms with Crippen molar-refractivity contribution in [2.24, 2.45) is 0 Å². The van der Waals surface area contributed by atoms with E-state index in [0.29, 0.717) is 18.6 Å². The topological polar surface area (TPSA) is 96.4 Å². The van der Waals surface area contributed by atoms with Gasteiger partial charge in [0, 0.05) is 6.54 Å². The number of unbranched alkanes of at least 4 members (excludes halogenated alkanes) is 6. The number of rotatable bonds is 13. The molecule has 2 rings (SSSR count). The molecule has 27 heavy (non-hydrogen) atoms. The van der Waals surface area contributed by atoms with Gasteiger partial charge in [0.15, 0.2) is 6.29 Å². The van der Waals surface area contributed by atoms with Gasteiger partial charge in [-0.3, -0.25) is 19.5 Å². The molecular weight excluding hydrogens is 346 g/mol. The number of aromatic nitrogens is 2. The fraction of sp³-hybridized carbons (Fsp3) is 0.500. The molecule has 1 aromatic carbocycles. The summed E-state index contributed by atoms with van der Waals surface area (Å²) in [7, 11) is 0. The maximum absolute atomic E-state index is 11.6. The van der Waals surface area contributed by atoms with Crippen molar-refractivity contribution in [3.05, 3.63) is 45.7 Å². The van der Waals surface area contributed by atoms with E-state index in [9.17, 15) is 14.7 Å². The number of benzene rings is 1. The zero-order valence-corrected chi connectivity index (χ0v) is 15.9. The highest BCUT2D eigenvalue weighted by Gasteiger charge is 2.14. The minimum atomic E-state index is -0.621. The van der Waals surface area contributed by atoms with Crippen molar-refractivity contribution in [1.29, 1.82) is 0 Å². The lowest BCUT2D eigenvalue weighted by atomic mass is 10.1. The summed E-state index contributed by atoms with van der Waals surface area (Å²) in [6.45, 7) is 3.48. The molecule has 148 valence electrons. The van der Waals surface area contributed by atoms with E-state index in [4.69, 9.17) is 4.84 Å². The summed E-state index contributed by atoms with van der Waals surface area (Å²) in [6.07, 6.45) is 9.20. The number of nitrogens with one attached hydrogen (secondary N) is 2. The summed E-state index contributed by atoms with van der Waals surface area (Å²) in [5.41, 5.74) is 3.58. The third-order valence-electron chi connectivity index (χ3n) is 4.45. The van der Waals surface area contributed by atoms with E-state index >= 15 is 0 Å². The number of carbonyl (C=O) groups is 1. The predicted octanol–water partition coefficient (Wildman–Crippen LogP) is 3.46. The first-order valence-corrected chi connectivity index (χ1v) is 9.60. The molecule has 0 atom stereocenters. The van der Waals surface area contributed by atoms with E-state index in [1.54, 1.807) is 12.1 Å². The first-order valence-electron chi connectivity index (χ1n) is 9.60. The SMILES string of the molecule is CCCCCCCCCNOCc1ccc(-n2[nH]c(=O)c(C=O)c2O)cc1. The van der Waals surface area contributed by atoms with Crippen LogP contribution in [0.2, 0.25) is 0 Å². The molecule has 0 saturated carbocycles. The summed E-state index contributed by atoms with van der Waals surface area (Å²) in [5, 5.41) is 12.3. The fourth-order valence-electron chi connectivity index (χ4n) is 2.83. The van der Waals surface area contributed by atoms with Crippen molar-refractivity contribution in [2.75, 3.05) is 6.54 Å². The van der Waals surface area contributed by atoms with Crippen molar-refractivity contribution in [3.63, 3.8) is 0 Å². The monoisotopic (exact) mass is 375 g/mol. The van der Waals surface area contributed by atoms with E-state index < -0.39 is 11.4 Å². The molecule has 0 aliphatic carbocycles. The molecule has 2 aromatic rings. The lowest BCUT2D eigenvalue weighted by molar-refractivity contribution is 0.0272. The Balaban J connectivity index is 1.69. The minimum Gasteiger partial charge on any atom is -0.493 e. The molecular formula is C20H29N3O4. The molecule has 7 nitrogen and oxygen atoms in total. The normalized spacial score (nSPS) is 11.0. The van der Waals surface area contributed by atoms with Gasteiger partial charge in [-0.05, 0) is 24.1 Å². The van der Waals surface area contributed by atoms with Crippen molar-refractivity contribution in [2.45, 2.75) is 58.5 Å².